The largest absolute Gasteiger partial charge is 0.379 e. The molecule has 0 bridgehead atoms. The first-order chi connectivity index (χ1) is 7.22. The molecule has 1 saturated heterocycles. The summed E-state index contributed by atoms with van der Waals surface area (Å²) in [5, 5.41) is 12.2. The Hall–Kier alpha value is -0.890. The molecule has 1 N–H and O–H groups in total. The number of hydrogen-bond donors (Lipinski definition) is 1. The van der Waals surface area contributed by atoms with Gasteiger partial charge >= 0.3 is 0 Å². The van der Waals surface area contributed by atoms with E-state index in [1.54, 1.807) is 11.3 Å². The van der Waals surface area contributed by atoms with Gasteiger partial charge in [-0.15, -0.1) is 11.3 Å². The fourth-order valence-electron chi connectivity index (χ4n) is 1.64. The molecule has 1 atom stereocenters. The van der Waals surface area contributed by atoms with Crippen molar-refractivity contribution in [3.8, 4) is 6.07 Å². The van der Waals surface area contributed by atoms with Gasteiger partial charge in [0.25, 0.3) is 0 Å². The molecule has 4 heteroatoms. The van der Waals surface area contributed by atoms with Gasteiger partial charge in [0.1, 0.15) is 10.9 Å². The smallest absolute Gasteiger partial charge is 0.110 e. The molecule has 1 aromatic rings. The molecule has 2 rings (SSSR count). The molecule has 0 radical (unpaired) electrons. The zero-order chi connectivity index (χ0) is 10.7. The van der Waals surface area contributed by atoms with E-state index in [0.717, 1.165) is 31.1 Å². The van der Waals surface area contributed by atoms with Crippen LogP contribution in [0.5, 0.6) is 0 Å². The van der Waals surface area contributed by atoms with E-state index < -0.39 is 0 Å². The first kappa shape index (κ1) is 10.6. The lowest BCUT2D eigenvalue weighted by Crippen LogP contribution is -2.42. The molecule has 80 valence electrons. The number of thiophene rings is 1. The summed E-state index contributed by atoms with van der Waals surface area (Å²) >= 11 is 1.55. The van der Waals surface area contributed by atoms with Gasteiger partial charge in [-0.05, 0) is 25.5 Å². The maximum Gasteiger partial charge on any atom is 0.110 e. The second-order valence-corrected chi connectivity index (χ2v) is 5.26. The first-order valence-corrected chi connectivity index (χ1v) is 5.85. The van der Waals surface area contributed by atoms with Crippen molar-refractivity contribution in [3.05, 3.63) is 21.9 Å². The molecule has 1 aliphatic heterocycles. The molecule has 1 aromatic heterocycles. The number of nitriles is 1. The Morgan fingerprint density at radius 3 is 3.13 bits per heavy atom. The van der Waals surface area contributed by atoms with E-state index in [9.17, 15) is 0 Å². The topological polar surface area (TPSA) is 45.0 Å². The van der Waals surface area contributed by atoms with Gasteiger partial charge in [0.2, 0.25) is 0 Å². The number of nitrogens with one attached hydrogen (secondary N) is 1. The van der Waals surface area contributed by atoms with Crippen LogP contribution in [0.25, 0.3) is 0 Å². The molecule has 2 heterocycles. The summed E-state index contributed by atoms with van der Waals surface area (Å²) in [4.78, 5) is 1.99. The zero-order valence-corrected chi connectivity index (χ0v) is 9.56. The van der Waals surface area contributed by atoms with E-state index >= 15 is 0 Å². The van der Waals surface area contributed by atoms with E-state index in [1.807, 2.05) is 12.1 Å². The zero-order valence-electron chi connectivity index (χ0n) is 8.75. The maximum absolute atomic E-state index is 8.70. The molecule has 0 amide bonds. The quantitative estimate of drug-likeness (QED) is 0.849. The minimum Gasteiger partial charge on any atom is -0.379 e. The summed E-state index contributed by atoms with van der Waals surface area (Å²) in [5.74, 6) is 0. The van der Waals surface area contributed by atoms with Gasteiger partial charge in [-0.3, -0.25) is 0 Å². The van der Waals surface area contributed by atoms with Crippen molar-refractivity contribution in [1.82, 2.24) is 5.32 Å². The van der Waals surface area contributed by atoms with Crippen molar-refractivity contribution >= 4 is 11.3 Å². The van der Waals surface area contributed by atoms with Gasteiger partial charge in [0.15, 0.2) is 0 Å². The minimum atomic E-state index is 0.108. The second kappa shape index (κ2) is 4.31. The van der Waals surface area contributed by atoms with Crippen LogP contribution in [0.3, 0.4) is 0 Å². The van der Waals surface area contributed by atoms with E-state index in [0.29, 0.717) is 0 Å². The molecule has 1 fully saturated rings. The summed E-state index contributed by atoms with van der Waals surface area (Å²) < 4.78 is 5.36. The molecule has 0 aromatic carbocycles. The second-order valence-electron chi connectivity index (χ2n) is 4.09. The van der Waals surface area contributed by atoms with Crippen molar-refractivity contribution < 1.29 is 4.74 Å². The van der Waals surface area contributed by atoms with Crippen LogP contribution in [0.1, 0.15) is 23.1 Å². The Balaban J connectivity index is 1.90. The van der Waals surface area contributed by atoms with Crippen molar-refractivity contribution in [2.75, 3.05) is 13.2 Å². The Bertz CT molecular complexity index is 374. The molecule has 15 heavy (non-hydrogen) atoms. The average Bonchev–Trinajstić information content (AvgIpc) is 2.84. The lowest BCUT2D eigenvalue weighted by molar-refractivity contribution is 0.171. The van der Waals surface area contributed by atoms with Gasteiger partial charge < -0.3 is 10.1 Å². The van der Waals surface area contributed by atoms with E-state index in [2.05, 4.69) is 18.3 Å². The van der Waals surface area contributed by atoms with Crippen molar-refractivity contribution in [2.45, 2.75) is 25.4 Å². The van der Waals surface area contributed by atoms with Crippen LogP contribution in [-0.2, 0) is 11.3 Å². The molecule has 0 spiro atoms. The lowest BCUT2D eigenvalue weighted by Gasteiger charge is -2.23. The fourth-order valence-corrected chi connectivity index (χ4v) is 2.38. The molecular weight excluding hydrogens is 208 g/mol. The number of nitrogens with zero attached hydrogens (tertiary/aromatic N) is 1. The van der Waals surface area contributed by atoms with Crippen LogP contribution in [0, 0.1) is 11.3 Å². The van der Waals surface area contributed by atoms with E-state index in [1.165, 1.54) is 4.88 Å². The van der Waals surface area contributed by atoms with Crippen molar-refractivity contribution in [3.63, 3.8) is 0 Å². The lowest BCUT2D eigenvalue weighted by atomic mass is 10.0. The Kier molecular flexibility index (Phi) is 3.06. The van der Waals surface area contributed by atoms with Gasteiger partial charge in [-0.2, -0.15) is 5.26 Å². The number of rotatable bonds is 3. The normalized spacial score (nSPS) is 25.3. The van der Waals surface area contributed by atoms with E-state index in [-0.39, 0.29) is 5.54 Å². The van der Waals surface area contributed by atoms with Crippen LogP contribution in [0.15, 0.2) is 12.1 Å². The Morgan fingerprint density at radius 2 is 2.53 bits per heavy atom. The van der Waals surface area contributed by atoms with Crippen LogP contribution >= 0.6 is 11.3 Å². The predicted octanol–water partition coefficient (Wildman–Crippen LogP) is 1.89. The van der Waals surface area contributed by atoms with Gasteiger partial charge in [0.05, 0.1) is 6.61 Å². The highest BCUT2D eigenvalue weighted by Crippen LogP contribution is 2.20. The summed E-state index contributed by atoms with van der Waals surface area (Å²) in [5.41, 5.74) is 0.108. The number of ether oxygens (including phenoxy) is 1. The standard InChI is InChI=1S/C11H14N2OS/c1-11(4-5-14-8-11)13-7-10-3-2-9(6-12)15-10/h2-3,13H,4-5,7-8H2,1H3. The summed E-state index contributed by atoms with van der Waals surface area (Å²) in [6.07, 6.45) is 1.06. The van der Waals surface area contributed by atoms with Gasteiger partial charge in [-0.1, -0.05) is 0 Å². The minimum absolute atomic E-state index is 0.108. The number of hydrogen-bond acceptors (Lipinski definition) is 4. The van der Waals surface area contributed by atoms with Gasteiger partial charge in [-0.25, -0.2) is 0 Å². The molecule has 1 aliphatic rings. The predicted molar refractivity (Wildman–Crippen MR) is 59.7 cm³/mol. The van der Waals surface area contributed by atoms with Crippen LogP contribution < -0.4 is 5.32 Å². The molecule has 0 saturated carbocycles. The molecular formula is C11H14N2OS. The van der Waals surface area contributed by atoms with Gasteiger partial charge in [0, 0.05) is 23.6 Å². The van der Waals surface area contributed by atoms with Crippen LogP contribution in [-0.4, -0.2) is 18.8 Å². The highest BCUT2D eigenvalue weighted by molar-refractivity contribution is 7.12. The monoisotopic (exact) mass is 222 g/mol. The highest BCUT2D eigenvalue weighted by atomic mass is 32.1. The molecule has 3 nitrogen and oxygen atoms in total. The highest BCUT2D eigenvalue weighted by Gasteiger charge is 2.28. The third kappa shape index (κ3) is 2.57. The first-order valence-electron chi connectivity index (χ1n) is 5.03. The average molecular weight is 222 g/mol. The Morgan fingerprint density at radius 1 is 1.67 bits per heavy atom. The van der Waals surface area contributed by atoms with Crippen LogP contribution in [0.4, 0.5) is 0 Å². The molecule has 1 unspecified atom stereocenters. The van der Waals surface area contributed by atoms with E-state index in [4.69, 9.17) is 10.00 Å². The SMILES string of the molecule is CC1(NCc2ccc(C#N)s2)CCOC1. The van der Waals surface area contributed by atoms with Crippen LogP contribution in [0.2, 0.25) is 0 Å². The Labute approximate surface area is 93.7 Å². The van der Waals surface area contributed by atoms with Crippen molar-refractivity contribution in [2.24, 2.45) is 0 Å². The third-order valence-electron chi connectivity index (χ3n) is 2.68. The fraction of sp³-hybridized carbons (Fsp3) is 0.545. The van der Waals surface area contributed by atoms with Crippen molar-refractivity contribution in [1.29, 1.82) is 5.26 Å². The maximum atomic E-state index is 8.70. The summed E-state index contributed by atoms with van der Waals surface area (Å²) in [7, 11) is 0. The summed E-state index contributed by atoms with van der Waals surface area (Å²) in [6, 6.07) is 6.03. The third-order valence-corrected chi connectivity index (χ3v) is 3.67. The summed E-state index contributed by atoms with van der Waals surface area (Å²) in [6.45, 7) is 4.63. The molecule has 0 aliphatic carbocycles.